The first-order chi connectivity index (χ1) is 28.3. The molecule has 1 heteroatoms. The van der Waals surface area contributed by atoms with Gasteiger partial charge in [-0.25, -0.2) is 0 Å². The predicted octanol–water partition coefficient (Wildman–Crippen LogP) is 15.9. The lowest BCUT2D eigenvalue weighted by molar-refractivity contribution is 1.30. The van der Waals surface area contributed by atoms with Crippen LogP contribution in [0.25, 0.3) is 87.2 Å². The second kappa shape index (κ2) is 13.7. The van der Waals surface area contributed by atoms with E-state index in [1.807, 2.05) is 0 Å². The van der Waals surface area contributed by atoms with Gasteiger partial charge in [0, 0.05) is 16.8 Å². The fourth-order valence-corrected chi connectivity index (χ4v) is 8.95. The largest absolute Gasteiger partial charge is 0.310 e. The van der Waals surface area contributed by atoms with Gasteiger partial charge in [0.25, 0.3) is 0 Å². The van der Waals surface area contributed by atoms with Crippen LogP contribution in [0.5, 0.6) is 0 Å². The van der Waals surface area contributed by atoms with Crippen LogP contribution in [0, 0.1) is 0 Å². The summed E-state index contributed by atoms with van der Waals surface area (Å²) in [5.74, 6) is 0. The molecular weight excluding hydrogens is 687 g/mol. The van der Waals surface area contributed by atoms with Crippen molar-refractivity contribution in [3.63, 3.8) is 0 Å². The number of nitrogens with zero attached hydrogens (tertiary/aromatic N) is 1. The molecule has 266 valence electrons. The highest BCUT2D eigenvalue weighted by atomic mass is 15.1. The summed E-state index contributed by atoms with van der Waals surface area (Å²) >= 11 is 0. The van der Waals surface area contributed by atoms with Crippen molar-refractivity contribution < 1.29 is 0 Å². The van der Waals surface area contributed by atoms with Crippen molar-refractivity contribution in [3.05, 3.63) is 224 Å². The van der Waals surface area contributed by atoms with Crippen molar-refractivity contribution in [2.24, 2.45) is 0 Å². The van der Waals surface area contributed by atoms with Crippen molar-refractivity contribution in [2.45, 2.75) is 0 Å². The van der Waals surface area contributed by atoms with E-state index in [9.17, 15) is 0 Å². The maximum atomic E-state index is 2.40. The zero-order valence-electron chi connectivity index (χ0n) is 31.3. The molecule has 0 aromatic heterocycles. The number of benzene rings is 11. The first-order valence-electron chi connectivity index (χ1n) is 19.7. The van der Waals surface area contributed by atoms with E-state index in [0.29, 0.717) is 0 Å². The predicted molar refractivity (Wildman–Crippen MR) is 245 cm³/mol. The molecule has 11 aromatic rings. The summed E-state index contributed by atoms with van der Waals surface area (Å²) in [5.41, 5.74) is 10.7. The van der Waals surface area contributed by atoms with Gasteiger partial charge in [0.1, 0.15) is 0 Å². The van der Waals surface area contributed by atoms with Crippen LogP contribution in [0.2, 0.25) is 0 Å². The average molecular weight is 724 g/mol. The first kappa shape index (κ1) is 32.9. The minimum Gasteiger partial charge on any atom is -0.310 e. The van der Waals surface area contributed by atoms with Crippen LogP contribution in [0.4, 0.5) is 17.1 Å². The van der Waals surface area contributed by atoms with Gasteiger partial charge in [-0.2, -0.15) is 0 Å². The molecule has 1 nitrogen and oxygen atoms in total. The summed E-state index contributed by atoms with van der Waals surface area (Å²) in [6.07, 6.45) is 0. The standard InChI is InChI=1S/C56H37N/c1-6-21-48-38(14-1)17-13-27-56(48)57(44-34-30-40(31-35-44)54-36-41-15-2-4-19-46(41)49-22-9-11-25-52(49)54)43-32-28-39(29-33-43)45-18-7-8-24-51(45)55-37-42-16-3-5-20-47(42)50-23-10-12-26-53(50)55/h1-37H. The second-order valence-electron chi connectivity index (χ2n) is 14.9. The Hall–Kier alpha value is -7.48. The maximum Gasteiger partial charge on any atom is 0.0540 e. The Bertz CT molecular complexity index is 3280. The van der Waals surface area contributed by atoms with Gasteiger partial charge in [0.15, 0.2) is 0 Å². The Morgan fingerprint density at radius 1 is 0.228 bits per heavy atom. The lowest BCUT2D eigenvalue weighted by Gasteiger charge is -2.27. The fraction of sp³-hybridized carbons (Fsp3) is 0. The molecule has 0 saturated heterocycles. The van der Waals surface area contributed by atoms with Gasteiger partial charge in [0.2, 0.25) is 0 Å². The molecular formula is C56H37N. The number of fused-ring (bicyclic) bond motifs is 7. The number of hydrogen-bond donors (Lipinski definition) is 0. The van der Waals surface area contributed by atoms with Gasteiger partial charge in [0.05, 0.1) is 5.69 Å². The van der Waals surface area contributed by atoms with E-state index in [0.717, 1.165) is 17.1 Å². The summed E-state index contributed by atoms with van der Waals surface area (Å²) in [6, 6.07) is 82.0. The Balaban J connectivity index is 1.03. The Morgan fingerprint density at radius 2 is 0.632 bits per heavy atom. The van der Waals surface area contributed by atoms with E-state index in [1.54, 1.807) is 0 Å². The van der Waals surface area contributed by atoms with E-state index >= 15 is 0 Å². The summed E-state index contributed by atoms with van der Waals surface area (Å²) in [6.45, 7) is 0. The monoisotopic (exact) mass is 723 g/mol. The van der Waals surface area contributed by atoms with Crippen LogP contribution in [-0.4, -0.2) is 0 Å². The maximum absolute atomic E-state index is 2.40. The molecule has 0 aliphatic heterocycles. The number of anilines is 3. The van der Waals surface area contributed by atoms with Crippen LogP contribution in [-0.2, 0) is 0 Å². The van der Waals surface area contributed by atoms with E-state index in [-0.39, 0.29) is 0 Å². The third-order valence-corrected chi connectivity index (χ3v) is 11.6. The molecule has 11 aromatic carbocycles. The van der Waals surface area contributed by atoms with Crippen LogP contribution in [0.15, 0.2) is 224 Å². The quantitative estimate of drug-likeness (QED) is 0.154. The van der Waals surface area contributed by atoms with E-state index in [4.69, 9.17) is 0 Å². The third kappa shape index (κ3) is 5.63. The Morgan fingerprint density at radius 3 is 1.23 bits per heavy atom. The summed E-state index contributed by atoms with van der Waals surface area (Å²) < 4.78 is 0. The summed E-state index contributed by atoms with van der Waals surface area (Å²) in [5, 5.41) is 12.6. The van der Waals surface area contributed by atoms with E-state index in [2.05, 4.69) is 229 Å². The number of rotatable bonds is 6. The minimum atomic E-state index is 1.10. The van der Waals surface area contributed by atoms with Gasteiger partial charge in [-0.3, -0.25) is 0 Å². The van der Waals surface area contributed by atoms with Crippen molar-refractivity contribution in [3.8, 4) is 33.4 Å². The van der Waals surface area contributed by atoms with Gasteiger partial charge in [-0.05, 0) is 124 Å². The van der Waals surface area contributed by atoms with Gasteiger partial charge in [-0.15, -0.1) is 0 Å². The lowest BCUT2D eigenvalue weighted by Crippen LogP contribution is -2.10. The molecule has 0 fully saturated rings. The van der Waals surface area contributed by atoms with Crippen molar-refractivity contribution in [1.29, 1.82) is 0 Å². The van der Waals surface area contributed by atoms with Gasteiger partial charge < -0.3 is 4.90 Å². The SMILES string of the molecule is c1ccc(-c2cc3ccccc3c3ccccc23)c(-c2ccc(N(c3ccc(-c4cc5ccccc5c5ccccc45)cc3)c3cccc4ccccc34)cc2)c1. The molecule has 0 atom stereocenters. The Labute approximate surface area is 332 Å². The van der Waals surface area contributed by atoms with Gasteiger partial charge in [-0.1, -0.05) is 182 Å². The molecule has 0 heterocycles. The van der Waals surface area contributed by atoms with Crippen molar-refractivity contribution >= 4 is 70.9 Å². The Kier molecular flexibility index (Phi) is 7.89. The third-order valence-electron chi connectivity index (χ3n) is 11.6. The molecule has 11 rings (SSSR count). The molecule has 0 N–H and O–H groups in total. The second-order valence-corrected chi connectivity index (χ2v) is 14.9. The molecule has 57 heavy (non-hydrogen) atoms. The van der Waals surface area contributed by atoms with E-state index in [1.165, 1.54) is 87.2 Å². The highest BCUT2D eigenvalue weighted by Gasteiger charge is 2.18. The smallest absolute Gasteiger partial charge is 0.0540 e. The average Bonchev–Trinajstić information content (AvgIpc) is 3.29. The van der Waals surface area contributed by atoms with Crippen molar-refractivity contribution in [2.75, 3.05) is 4.90 Å². The van der Waals surface area contributed by atoms with Gasteiger partial charge >= 0.3 is 0 Å². The van der Waals surface area contributed by atoms with Crippen LogP contribution < -0.4 is 4.90 Å². The molecule has 0 radical (unpaired) electrons. The van der Waals surface area contributed by atoms with Crippen molar-refractivity contribution in [1.82, 2.24) is 0 Å². The topological polar surface area (TPSA) is 3.24 Å². The normalized spacial score (nSPS) is 11.5. The molecule has 0 spiro atoms. The van der Waals surface area contributed by atoms with Crippen LogP contribution in [0.3, 0.4) is 0 Å². The first-order valence-corrected chi connectivity index (χ1v) is 19.7. The zero-order valence-corrected chi connectivity index (χ0v) is 31.3. The summed E-state index contributed by atoms with van der Waals surface area (Å²) in [4.78, 5) is 2.40. The molecule has 0 aliphatic rings. The lowest BCUT2D eigenvalue weighted by atomic mass is 9.89. The van der Waals surface area contributed by atoms with Crippen LogP contribution in [0.1, 0.15) is 0 Å². The minimum absolute atomic E-state index is 1.10. The molecule has 0 amide bonds. The molecule has 0 saturated carbocycles. The summed E-state index contributed by atoms with van der Waals surface area (Å²) in [7, 11) is 0. The van der Waals surface area contributed by atoms with E-state index < -0.39 is 0 Å². The van der Waals surface area contributed by atoms with Crippen LogP contribution >= 0.6 is 0 Å². The fourth-order valence-electron chi connectivity index (χ4n) is 8.95. The highest BCUT2D eigenvalue weighted by molar-refractivity contribution is 6.15. The molecule has 0 unspecified atom stereocenters. The highest BCUT2D eigenvalue weighted by Crippen LogP contribution is 2.43. The number of hydrogen-bond acceptors (Lipinski definition) is 1. The molecule has 0 aliphatic carbocycles. The zero-order chi connectivity index (χ0) is 37.7. The molecule has 0 bridgehead atoms.